The predicted molar refractivity (Wildman–Crippen MR) is 190 cm³/mol. The molecule has 0 nitrogen and oxygen atoms in total. The molecular weight excluding hydrogens is 763 g/mol. The summed E-state index contributed by atoms with van der Waals surface area (Å²) in [6.45, 7) is 0. The van der Waals surface area contributed by atoms with Crippen LogP contribution in [0.4, 0.5) is 26.3 Å². The van der Waals surface area contributed by atoms with Crippen LogP contribution in [-0.4, -0.2) is 12.4 Å². The zero-order valence-electron chi connectivity index (χ0n) is 25.8. The van der Waals surface area contributed by atoms with Crippen LogP contribution in [0.25, 0.3) is 0 Å². The van der Waals surface area contributed by atoms with Gasteiger partial charge < -0.3 is 0 Å². The van der Waals surface area contributed by atoms with Crippen LogP contribution in [0.5, 0.6) is 0 Å². The Morgan fingerprint density at radius 2 is 0.429 bits per heavy atom. The minimum absolute atomic E-state index is 0. The Hall–Kier alpha value is -4.02. The van der Waals surface area contributed by atoms with Gasteiger partial charge in [-0.1, -0.05) is 182 Å². The Kier molecular flexibility index (Phi) is 16.0. The minimum Gasteiger partial charge on any atom is -0.159 e. The fourth-order valence-electron chi connectivity index (χ4n) is 4.50. The molecule has 0 fully saturated rings. The van der Waals surface area contributed by atoms with E-state index in [1.807, 2.05) is 0 Å². The molecule has 0 amide bonds. The molecule has 252 valence electrons. The summed E-state index contributed by atoms with van der Waals surface area (Å²) in [6, 6.07) is 64.7. The van der Waals surface area contributed by atoms with Crippen molar-refractivity contribution in [3.63, 3.8) is 0 Å². The first-order chi connectivity index (χ1) is 23.1. The summed E-state index contributed by atoms with van der Waals surface area (Å²) in [5.41, 5.74) is 0. The maximum absolute atomic E-state index is 10.9. The minimum atomic E-state index is -5.07. The van der Waals surface area contributed by atoms with E-state index in [1.165, 1.54) is 31.8 Å². The summed E-state index contributed by atoms with van der Waals surface area (Å²) in [5, 5.41) is 8.39. The monoisotopic (exact) mass is 792 g/mol. The Balaban J connectivity index is 0.000000208. The summed E-state index contributed by atoms with van der Waals surface area (Å²) in [5.74, 6) is 0.174. The van der Waals surface area contributed by atoms with Crippen molar-refractivity contribution in [2.24, 2.45) is 0 Å². The van der Waals surface area contributed by atoms with Crippen LogP contribution in [0.15, 0.2) is 182 Å². The number of alkyl halides is 6. The van der Waals surface area contributed by atoms with Gasteiger partial charge in [-0.2, -0.15) is 26.3 Å². The Morgan fingerprint density at radius 1 is 0.286 bits per heavy atom. The van der Waals surface area contributed by atoms with Gasteiger partial charge in [0.25, 0.3) is 0 Å². The van der Waals surface area contributed by atoms with E-state index >= 15 is 0 Å². The fourth-order valence-corrected chi connectivity index (χ4v) is 9.11. The summed E-state index contributed by atoms with van der Waals surface area (Å²) in [6.07, 6.45) is -10.1. The molecule has 0 aliphatic carbocycles. The summed E-state index contributed by atoms with van der Waals surface area (Å²) in [7, 11) is -0.892. The number of rotatable bonds is 6. The second-order valence-electron chi connectivity index (χ2n) is 9.93. The number of hydrogen-bond donors (Lipinski definition) is 0. The molecule has 0 radical (unpaired) electrons. The predicted octanol–water partition coefficient (Wildman–Crippen LogP) is 9.00. The standard InChI is InChI=1S/2C18H15P.C4F6.Pd/c2*1-4-10-16(11-5-1)19(17-12-6-2-7-13-17)18-14-8-3-9-15-18;5-3(6,7)1-2-4(8,9)10;/h2*1-15H;;. The van der Waals surface area contributed by atoms with Crippen LogP contribution in [-0.2, 0) is 20.4 Å². The van der Waals surface area contributed by atoms with Crippen molar-refractivity contribution in [1.29, 1.82) is 0 Å². The van der Waals surface area contributed by atoms with E-state index in [1.54, 1.807) is 0 Å². The normalized spacial score (nSPS) is 10.7. The first kappa shape index (κ1) is 39.4. The molecule has 0 unspecified atom stereocenters. The summed E-state index contributed by atoms with van der Waals surface area (Å²) in [4.78, 5) is 0. The average Bonchev–Trinajstić information content (AvgIpc) is 3.11. The van der Waals surface area contributed by atoms with Crippen LogP contribution in [0.3, 0.4) is 0 Å². The van der Waals surface area contributed by atoms with Gasteiger partial charge in [-0.15, -0.1) is 0 Å². The van der Waals surface area contributed by atoms with E-state index < -0.39 is 28.2 Å². The van der Waals surface area contributed by atoms with Gasteiger partial charge in [-0.25, -0.2) is 0 Å². The molecule has 0 heterocycles. The van der Waals surface area contributed by atoms with Crippen LogP contribution < -0.4 is 31.8 Å². The van der Waals surface area contributed by atoms with Crippen LogP contribution in [0, 0.1) is 11.8 Å². The zero-order chi connectivity index (χ0) is 34.2. The molecule has 6 aromatic carbocycles. The maximum Gasteiger partial charge on any atom is 0.457 e. The van der Waals surface area contributed by atoms with Gasteiger partial charge >= 0.3 is 12.4 Å². The van der Waals surface area contributed by atoms with Gasteiger partial charge in [0, 0.05) is 32.3 Å². The topological polar surface area (TPSA) is 0 Å². The van der Waals surface area contributed by atoms with Gasteiger partial charge in [0.05, 0.1) is 0 Å². The first-order valence-electron chi connectivity index (χ1n) is 14.7. The fraction of sp³-hybridized carbons (Fsp3) is 0.0500. The van der Waals surface area contributed by atoms with Gasteiger partial charge in [-0.3, -0.25) is 0 Å². The second kappa shape index (κ2) is 19.8. The molecule has 49 heavy (non-hydrogen) atoms. The SMILES string of the molecule is FC(F)(F)C#CC(F)(F)F.[Pd].c1ccc(P(c2ccccc2)c2ccccc2)cc1.c1ccc(P(c2ccccc2)c2ccccc2)cc1. The molecule has 0 bridgehead atoms. The van der Waals surface area contributed by atoms with E-state index in [-0.39, 0.29) is 32.3 Å². The van der Waals surface area contributed by atoms with Gasteiger partial charge in [0.2, 0.25) is 0 Å². The van der Waals surface area contributed by atoms with E-state index in [2.05, 4.69) is 182 Å². The van der Waals surface area contributed by atoms with E-state index in [0.29, 0.717) is 0 Å². The number of benzene rings is 6. The van der Waals surface area contributed by atoms with Gasteiger partial charge in [-0.05, 0) is 47.7 Å². The van der Waals surface area contributed by atoms with Crippen molar-refractivity contribution in [2.45, 2.75) is 12.4 Å². The Morgan fingerprint density at radius 3 is 0.551 bits per heavy atom. The van der Waals surface area contributed by atoms with Crippen molar-refractivity contribution in [2.75, 3.05) is 0 Å². The summed E-state index contributed by atoms with van der Waals surface area (Å²) >= 11 is 0. The Bertz CT molecular complexity index is 1500. The van der Waals surface area contributed by atoms with Crippen molar-refractivity contribution < 1.29 is 46.8 Å². The number of halogens is 6. The van der Waals surface area contributed by atoms with Crippen LogP contribution in [0.1, 0.15) is 0 Å². The Labute approximate surface area is 299 Å². The molecule has 0 saturated heterocycles. The third kappa shape index (κ3) is 13.8. The third-order valence-corrected chi connectivity index (χ3v) is 11.3. The largest absolute Gasteiger partial charge is 0.457 e. The quantitative estimate of drug-likeness (QED) is 0.0684. The van der Waals surface area contributed by atoms with Gasteiger partial charge in [0.15, 0.2) is 0 Å². The average molecular weight is 793 g/mol. The smallest absolute Gasteiger partial charge is 0.159 e. The molecule has 6 aromatic rings. The van der Waals surface area contributed by atoms with E-state index in [0.717, 1.165) is 0 Å². The van der Waals surface area contributed by atoms with E-state index in [4.69, 9.17) is 0 Å². The van der Waals surface area contributed by atoms with Crippen molar-refractivity contribution in [3.05, 3.63) is 182 Å². The molecule has 0 aliphatic rings. The molecule has 0 aliphatic heterocycles. The van der Waals surface area contributed by atoms with Gasteiger partial charge in [0.1, 0.15) is 0 Å². The molecule has 9 heteroatoms. The van der Waals surface area contributed by atoms with E-state index in [9.17, 15) is 26.3 Å². The number of hydrogen-bond acceptors (Lipinski definition) is 0. The molecule has 0 saturated carbocycles. The van der Waals surface area contributed by atoms with Crippen LogP contribution in [0.2, 0.25) is 0 Å². The van der Waals surface area contributed by atoms with Crippen molar-refractivity contribution >= 4 is 47.7 Å². The third-order valence-electron chi connectivity index (χ3n) is 6.43. The molecule has 0 aromatic heterocycles. The second-order valence-corrected chi connectivity index (χ2v) is 14.4. The molecule has 6 rings (SSSR count). The summed E-state index contributed by atoms with van der Waals surface area (Å²) < 4.78 is 65.5. The zero-order valence-corrected chi connectivity index (χ0v) is 29.1. The molecule has 0 spiro atoms. The van der Waals surface area contributed by atoms with Crippen molar-refractivity contribution in [1.82, 2.24) is 0 Å². The van der Waals surface area contributed by atoms with Crippen molar-refractivity contribution in [3.8, 4) is 11.8 Å². The molecule has 0 atom stereocenters. The molecule has 0 N–H and O–H groups in total. The maximum atomic E-state index is 10.9. The molecular formula is C40H30F6P2Pd. The first-order valence-corrected chi connectivity index (χ1v) is 17.4. The van der Waals surface area contributed by atoms with Crippen LogP contribution >= 0.6 is 15.8 Å².